The Bertz CT molecular complexity index is 1160. The van der Waals surface area contributed by atoms with Crippen molar-refractivity contribution in [2.75, 3.05) is 11.5 Å². The molecule has 2 aromatic heterocycles. The summed E-state index contributed by atoms with van der Waals surface area (Å²) in [7, 11) is 0. The van der Waals surface area contributed by atoms with E-state index in [2.05, 4.69) is 4.98 Å². The molecule has 29 heavy (non-hydrogen) atoms. The molecule has 2 heterocycles. The van der Waals surface area contributed by atoms with Crippen LogP contribution in [0.2, 0.25) is 10.0 Å². The van der Waals surface area contributed by atoms with Gasteiger partial charge in [-0.3, -0.25) is 9.69 Å². The Hall–Kier alpha value is -2.61. The largest absolute Gasteiger partial charge is 0.482 e. The van der Waals surface area contributed by atoms with E-state index in [9.17, 15) is 9.18 Å². The van der Waals surface area contributed by atoms with Gasteiger partial charge in [0.05, 0.1) is 22.5 Å². The quantitative estimate of drug-likeness (QED) is 0.364. The molecule has 0 radical (unpaired) electrons. The summed E-state index contributed by atoms with van der Waals surface area (Å²) < 4.78 is 25.6. The lowest BCUT2D eigenvalue weighted by molar-refractivity contribution is -0.120. The van der Waals surface area contributed by atoms with Crippen molar-refractivity contribution in [1.82, 2.24) is 4.98 Å². The van der Waals surface area contributed by atoms with Crippen molar-refractivity contribution in [2.24, 2.45) is 0 Å². The predicted molar refractivity (Wildman–Crippen MR) is 111 cm³/mol. The van der Waals surface area contributed by atoms with E-state index in [1.807, 2.05) is 0 Å². The Morgan fingerprint density at radius 1 is 1.21 bits per heavy atom. The number of thiazole rings is 1. The van der Waals surface area contributed by atoms with Crippen LogP contribution in [0.4, 0.5) is 9.52 Å². The van der Waals surface area contributed by atoms with Gasteiger partial charge in [0.15, 0.2) is 11.7 Å². The Morgan fingerprint density at radius 2 is 2.07 bits per heavy atom. The number of nitrogens with zero attached hydrogens (tertiary/aromatic N) is 2. The highest BCUT2D eigenvalue weighted by atomic mass is 35.5. The third kappa shape index (κ3) is 4.37. The minimum Gasteiger partial charge on any atom is -0.482 e. The van der Waals surface area contributed by atoms with Gasteiger partial charge in [-0.15, -0.1) is 0 Å². The molecule has 0 aliphatic heterocycles. The summed E-state index contributed by atoms with van der Waals surface area (Å²) in [6.07, 6.45) is 1.51. The number of aromatic nitrogens is 1. The van der Waals surface area contributed by atoms with Crippen LogP contribution in [0.25, 0.3) is 10.2 Å². The number of halogens is 3. The van der Waals surface area contributed by atoms with Gasteiger partial charge in [0.1, 0.15) is 22.8 Å². The summed E-state index contributed by atoms with van der Waals surface area (Å²) >= 11 is 13.2. The van der Waals surface area contributed by atoms with Crippen molar-refractivity contribution in [3.05, 3.63) is 76.4 Å². The van der Waals surface area contributed by atoms with Crippen LogP contribution >= 0.6 is 34.5 Å². The van der Waals surface area contributed by atoms with Gasteiger partial charge in [0, 0.05) is 5.02 Å². The zero-order chi connectivity index (χ0) is 20.4. The van der Waals surface area contributed by atoms with Gasteiger partial charge in [-0.1, -0.05) is 40.6 Å². The highest BCUT2D eigenvalue weighted by molar-refractivity contribution is 7.22. The zero-order valence-corrected chi connectivity index (χ0v) is 17.1. The highest BCUT2D eigenvalue weighted by Gasteiger charge is 2.23. The molecule has 0 atom stereocenters. The van der Waals surface area contributed by atoms with Crippen LogP contribution in [0, 0.1) is 5.82 Å². The van der Waals surface area contributed by atoms with Gasteiger partial charge in [0.25, 0.3) is 5.91 Å². The predicted octanol–water partition coefficient (Wildman–Crippen LogP) is 5.95. The van der Waals surface area contributed by atoms with Crippen molar-refractivity contribution in [3.8, 4) is 5.75 Å². The second kappa shape index (κ2) is 8.41. The van der Waals surface area contributed by atoms with Crippen molar-refractivity contribution in [3.63, 3.8) is 0 Å². The summed E-state index contributed by atoms with van der Waals surface area (Å²) in [5.74, 6) is 0.0618. The molecule has 5 nitrogen and oxygen atoms in total. The first-order valence-electron chi connectivity index (χ1n) is 8.47. The summed E-state index contributed by atoms with van der Waals surface area (Å²) in [5.41, 5.74) is 0.214. The van der Waals surface area contributed by atoms with Gasteiger partial charge < -0.3 is 9.15 Å². The molecule has 0 unspecified atom stereocenters. The van der Waals surface area contributed by atoms with E-state index in [4.69, 9.17) is 32.4 Å². The summed E-state index contributed by atoms with van der Waals surface area (Å²) in [6, 6.07) is 12.9. The first kappa shape index (κ1) is 19.7. The van der Waals surface area contributed by atoms with E-state index in [1.165, 1.54) is 34.6 Å². The lowest BCUT2D eigenvalue weighted by Gasteiger charge is -2.19. The number of hydrogen-bond donors (Lipinski definition) is 0. The normalized spacial score (nSPS) is 11.0. The van der Waals surface area contributed by atoms with Crippen LogP contribution in [0.5, 0.6) is 5.75 Å². The lowest BCUT2D eigenvalue weighted by Crippen LogP contribution is -2.34. The zero-order valence-electron chi connectivity index (χ0n) is 14.8. The van der Waals surface area contributed by atoms with Crippen molar-refractivity contribution in [1.29, 1.82) is 0 Å². The van der Waals surface area contributed by atoms with Gasteiger partial charge in [-0.25, -0.2) is 9.37 Å². The molecule has 2 aromatic carbocycles. The lowest BCUT2D eigenvalue weighted by atomic mass is 10.3. The third-order valence-electron chi connectivity index (χ3n) is 4.03. The number of carbonyl (C=O) groups excluding carboxylic acids is 1. The number of benzene rings is 2. The van der Waals surface area contributed by atoms with E-state index in [1.54, 1.807) is 36.4 Å². The van der Waals surface area contributed by atoms with Gasteiger partial charge in [-0.05, 0) is 42.5 Å². The maximum absolute atomic E-state index is 14.1. The van der Waals surface area contributed by atoms with Crippen LogP contribution in [0.15, 0.2) is 59.2 Å². The van der Waals surface area contributed by atoms with Crippen molar-refractivity contribution in [2.45, 2.75) is 6.54 Å². The van der Waals surface area contributed by atoms with Gasteiger partial charge in [0.2, 0.25) is 0 Å². The van der Waals surface area contributed by atoms with Crippen LogP contribution < -0.4 is 9.64 Å². The number of furan rings is 1. The summed E-state index contributed by atoms with van der Waals surface area (Å²) in [5, 5.41) is 1.10. The Balaban J connectivity index is 1.60. The van der Waals surface area contributed by atoms with Crippen molar-refractivity contribution >= 4 is 55.8 Å². The molecule has 148 valence electrons. The molecule has 0 spiro atoms. The molecule has 9 heteroatoms. The molecule has 0 aliphatic carbocycles. The minimum absolute atomic E-state index is 0.130. The van der Waals surface area contributed by atoms with E-state index in [-0.39, 0.29) is 24.6 Å². The molecule has 0 bridgehead atoms. The van der Waals surface area contributed by atoms with E-state index >= 15 is 0 Å². The van der Waals surface area contributed by atoms with Crippen LogP contribution in [-0.2, 0) is 11.3 Å². The molecular weight excluding hydrogens is 438 g/mol. The van der Waals surface area contributed by atoms with Crippen LogP contribution in [-0.4, -0.2) is 17.5 Å². The molecule has 1 amide bonds. The molecule has 0 saturated carbocycles. The van der Waals surface area contributed by atoms with Crippen LogP contribution in [0.1, 0.15) is 5.76 Å². The molecule has 0 fully saturated rings. The average molecular weight is 451 g/mol. The number of anilines is 1. The fourth-order valence-corrected chi connectivity index (χ4v) is 4.11. The smallest absolute Gasteiger partial charge is 0.267 e. The summed E-state index contributed by atoms with van der Waals surface area (Å²) in [6.45, 7) is -0.161. The average Bonchev–Trinajstić information content (AvgIpc) is 3.35. The molecule has 0 N–H and O–H groups in total. The van der Waals surface area contributed by atoms with Gasteiger partial charge >= 0.3 is 0 Å². The van der Waals surface area contributed by atoms with E-state index in [0.717, 1.165) is 0 Å². The number of para-hydroxylation sites is 1. The maximum Gasteiger partial charge on any atom is 0.267 e. The first-order valence-corrected chi connectivity index (χ1v) is 10.0. The van der Waals surface area contributed by atoms with Crippen molar-refractivity contribution < 1.29 is 18.3 Å². The highest BCUT2D eigenvalue weighted by Crippen LogP contribution is 2.32. The Morgan fingerprint density at radius 3 is 2.79 bits per heavy atom. The first-order chi connectivity index (χ1) is 14.0. The number of amides is 1. The van der Waals surface area contributed by atoms with Gasteiger partial charge in [-0.2, -0.15) is 0 Å². The SMILES string of the molecule is O=C(COc1ccc(Cl)cc1Cl)N(Cc1ccco1)c1nc2c(F)cccc2s1. The molecule has 4 aromatic rings. The van der Waals surface area contributed by atoms with E-state index < -0.39 is 5.82 Å². The standard InChI is InChI=1S/C20H13Cl2FN2O3S/c21-12-6-7-16(14(22)9-12)28-11-18(26)25(10-13-3-2-8-27-13)20-24-19-15(23)4-1-5-17(19)29-20/h1-9H,10-11H2. The number of hydrogen-bond acceptors (Lipinski definition) is 5. The number of ether oxygens (including phenoxy) is 1. The second-order valence-corrected chi connectivity index (χ2v) is 7.86. The topological polar surface area (TPSA) is 55.6 Å². The third-order valence-corrected chi connectivity index (χ3v) is 5.60. The van der Waals surface area contributed by atoms with E-state index in [0.29, 0.717) is 31.4 Å². The van der Waals surface area contributed by atoms with Crippen LogP contribution in [0.3, 0.4) is 0 Å². The minimum atomic E-state index is -0.445. The maximum atomic E-state index is 14.1. The molecular formula is C20H13Cl2FN2O3S. The Kier molecular flexibility index (Phi) is 5.71. The fraction of sp³-hybridized carbons (Fsp3) is 0.100. The monoisotopic (exact) mass is 450 g/mol. The summed E-state index contributed by atoms with van der Waals surface area (Å²) in [4.78, 5) is 18.6. The second-order valence-electron chi connectivity index (χ2n) is 6.01. The number of rotatable bonds is 6. The molecule has 4 rings (SSSR count). The fourth-order valence-electron chi connectivity index (χ4n) is 2.65. The Labute approximate surface area is 179 Å². The molecule has 0 saturated heterocycles. The number of carbonyl (C=O) groups is 1. The molecule has 0 aliphatic rings. The number of fused-ring (bicyclic) bond motifs is 1.